The fourth-order valence-electron chi connectivity index (χ4n) is 3.04. The Bertz CT molecular complexity index is 1250. The minimum absolute atomic E-state index is 0.128. The second-order valence-electron chi connectivity index (χ2n) is 5.60. The highest BCUT2D eigenvalue weighted by Gasteiger charge is 2.24. The van der Waals surface area contributed by atoms with Crippen LogP contribution < -0.4 is 0 Å². The van der Waals surface area contributed by atoms with Gasteiger partial charge in [-0.3, -0.25) is 0 Å². The van der Waals surface area contributed by atoms with Gasteiger partial charge in [-0.05, 0) is 23.8 Å². The van der Waals surface area contributed by atoms with Crippen molar-refractivity contribution in [1.29, 1.82) is 10.5 Å². The SMILES string of the molecule is N#Cc1c(Cl)c(F)c(Cl)c(C#N)c1-c1ccc2oc3ccccc3c2c1. The highest BCUT2D eigenvalue weighted by Crippen LogP contribution is 2.41. The standard InChI is InChI=1S/C20H7Cl2FN2O/c21-18-13(8-24)17(14(9-25)19(22)20(18)23)10-5-6-16-12(7-10)11-3-1-2-4-15(11)26-16/h1-7H. The molecule has 0 saturated carbocycles. The topological polar surface area (TPSA) is 60.7 Å². The number of benzene rings is 3. The van der Waals surface area contributed by atoms with Gasteiger partial charge in [-0.1, -0.05) is 47.5 Å². The lowest BCUT2D eigenvalue weighted by atomic mass is 9.93. The minimum atomic E-state index is -0.972. The third-order valence-electron chi connectivity index (χ3n) is 4.21. The second-order valence-corrected chi connectivity index (χ2v) is 6.36. The van der Waals surface area contributed by atoms with Crippen LogP contribution in [0.2, 0.25) is 10.0 Å². The average molecular weight is 381 g/mol. The predicted molar refractivity (Wildman–Crippen MR) is 98.6 cm³/mol. The second kappa shape index (κ2) is 6.04. The van der Waals surface area contributed by atoms with E-state index in [0.29, 0.717) is 11.1 Å². The lowest BCUT2D eigenvalue weighted by Gasteiger charge is -2.11. The molecule has 0 fully saturated rings. The van der Waals surface area contributed by atoms with Gasteiger partial charge in [0.15, 0.2) is 5.82 Å². The first-order chi connectivity index (χ1) is 12.6. The van der Waals surface area contributed by atoms with Gasteiger partial charge in [0.25, 0.3) is 0 Å². The zero-order chi connectivity index (χ0) is 18.4. The van der Waals surface area contributed by atoms with Gasteiger partial charge in [-0.2, -0.15) is 10.5 Å². The summed E-state index contributed by atoms with van der Waals surface area (Å²) in [6.07, 6.45) is 0. The molecular weight excluding hydrogens is 374 g/mol. The first-order valence-electron chi connectivity index (χ1n) is 7.49. The smallest absolute Gasteiger partial charge is 0.163 e. The molecule has 0 unspecified atom stereocenters. The molecule has 0 bridgehead atoms. The molecule has 1 aromatic heterocycles. The molecule has 124 valence electrons. The maximum absolute atomic E-state index is 14.2. The molecule has 0 saturated heterocycles. The van der Waals surface area contributed by atoms with Crippen LogP contribution in [0.15, 0.2) is 46.9 Å². The van der Waals surface area contributed by atoms with Gasteiger partial charge < -0.3 is 4.42 Å². The first-order valence-corrected chi connectivity index (χ1v) is 8.24. The van der Waals surface area contributed by atoms with E-state index in [1.807, 2.05) is 36.4 Å². The van der Waals surface area contributed by atoms with Gasteiger partial charge in [-0.25, -0.2) is 4.39 Å². The highest BCUT2D eigenvalue weighted by atomic mass is 35.5. The fraction of sp³-hybridized carbons (Fsp3) is 0. The Labute approximate surface area is 157 Å². The van der Waals surface area contributed by atoms with E-state index >= 15 is 0 Å². The van der Waals surface area contributed by atoms with Crippen molar-refractivity contribution in [3.8, 4) is 23.3 Å². The Kier molecular flexibility index (Phi) is 3.81. The Morgan fingerprint density at radius 1 is 0.846 bits per heavy atom. The van der Waals surface area contributed by atoms with Crippen molar-refractivity contribution in [3.05, 3.63) is 69.5 Å². The summed E-state index contributed by atoms with van der Waals surface area (Å²) in [5.41, 5.74) is 1.86. The third-order valence-corrected chi connectivity index (χ3v) is 4.92. The minimum Gasteiger partial charge on any atom is -0.456 e. The van der Waals surface area contributed by atoms with E-state index in [2.05, 4.69) is 0 Å². The number of furan rings is 1. The van der Waals surface area contributed by atoms with Gasteiger partial charge in [0.2, 0.25) is 0 Å². The number of nitriles is 2. The number of nitrogens with zero attached hydrogens (tertiary/aromatic N) is 2. The van der Waals surface area contributed by atoms with Crippen molar-refractivity contribution in [3.63, 3.8) is 0 Å². The summed E-state index contributed by atoms with van der Waals surface area (Å²) in [6, 6.07) is 16.5. The molecule has 0 aliphatic heterocycles. The van der Waals surface area contributed by atoms with Crippen LogP contribution in [0.3, 0.4) is 0 Å². The summed E-state index contributed by atoms with van der Waals surface area (Å²) < 4.78 is 19.9. The molecule has 3 aromatic carbocycles. The molecule has 26 heavy (non-hydrogen) atoms. The van der Waals surface area contributed by atoms with Gasteiger partial charge in [0.1, 0.15) is 23.3 Å². The third kappa shape index (κ3) is 2.24. The summed E-state index contributed by atoms with van der Waals surface area (Å²) in [7, 11) is 0. The first kappa shape index (κ1) is 16.4. The Morgan fingerprint density at radius 3 is 2.12 bits per heavy atom. The van der Waals surface area contributed by atoms with Gasteiger partial charge >= 0.3 is 0 Å². The van der Waals surface area contributed by atoms with Crippen LogP contribution in [0.25, 0.3) is 33.1 Å². The van der Waals surface area contributed by atoms with E-state index in [1.165, 1.54) is 0 Å². The van der Waals surface area contributed by atoms with Gasteiger partial charge in [0, 0.05) is 16.3 Å². The van der Waals surface area contributed by atoms with Gasteiger partial charge in [0.05, 0.1) is 21.2 Å². The summed E-state index contributed by atoms with van der Waals surface area (Å²) in [4.78, 5) is 0. The lowest BCUT2D eigenvalue weighted by molar-refractivity contribution is 0.628. The van der Waals surface area contributed by atoms with Crippen molar-refractivity contribution >= 4 is 45.1 Å². The largest absolute Gasteiger partial charge is 0.456 e. The van der Waals surface area contributed by atoms with Crippen molar-refractivity contribution in [2.75, 3.05) is 0 Å². The molecule has 0 spiro atoms. The van der Waals surface area contributed by atoms with E-state index < -0.39 is 15.9 Å². The number of para-hydroxylation sites is 1. The van der Waals surface area contributed by atoms with Crippen LogP contribution in [0.4, 0.5) is 4.39 Å². The summed E-state index contributed by atoms with van der Waals surface area (Å²) >= 11 is 11.9. The molecule has 0 N–H and O–H groups in total. The normalized spacial score (nSPS) is 10.8. The van der Waals surface area contributed by atoms with Crippen molar-refractivity contribution in [2.45, 2.75) is 0 Å². The van der Waals surface area contributed by atoms with Crippen LogP contribution in [0, 0.1) is 28.5 Å². The van der Waals surface area contributed by atoms with E-state index in [1.54, 1.807) is 18.2 Å². The molecule has 6 heteroatoms. The molecule has 4 rings (SSSR count). The molecule has 0 radical (unpaired) electrons. The van der Waals surface area contributed by atoms with E-state index in [-0.39, 0.29) is 16.7 Å². The average Bonchev–Trinajstić information content (AvgIpc) is 3.04. The summed E-state index contributed by atoms with van der Waals surface area (Å²) in [5, 5.41) is 19.8. The predicted octanol–water partition coefficient (Wildman–Crippen LogP) is 6.44. The Morgan fingerprint density at radius 2 is 1.46 bits per heavy atom. The highest BCUT2D eigenvalue weighted by molar-refractivity contribution is 6.37. The number of halogens is 3. The fourth-order valence-corrected chi connectivity index (χ4v) is 3.55. The monoisotopic (exact) mass is 380 g/mol. The van der Waals surface area contributed by atoms with Crippen LogP contribution in [-0.2, 0) is 0 Å². The Balaban J connectivity index is 2.12. The van der Waals surface area contributed by atoms with Crippen LogP contribution >= 0.6 is 23.2 Å². The van der Waals surface area contributed by atoms with E-state index in [9.17, 15) is 14.9 Å². The maximum atomic E-state index is 14.2. The zero-order valence-corrected chi connectivity index (χ0v) is 14.5. The molecule has 0 aliphatic carbocycles. The molecule has 0 amide bonds. The molecule has 3 nitrogen and oxygen atoms in total. The summed E-state index contributed by atoms with van der Waals surface area (Å²) in [5.74, 6) is -0.972. The molecule has 0 atom stereocenters. The zero-order valence-electron chi connectivity index (χ0n) is 13.0. The quantitative estimate of drug-likeness (QED) is 0.356. The van der Waals surface area contributed by atoms with E-state index in [4.69, 9.17) is 27.6 Å². The van der Waals surface area contributed by atoms with Crippen LogP contribution in [0.5, 0.6) is 0 Å². The van der Waals surface area contributed by atoms with Crippen LogP contribution in [0.1, 0.15) is 11.1 Å². The maximum Gasteiger partial charge on any atom is 0.163 e. The number of hydrogen-bond acceptors (Lipinski definition) is 3. The van der Waals surface area contributed by atoms with Crippen molar-refractivity contribution in [1.82, 2.24) is 0 Å². The van der Waals surface area contributed by atoms with E-state index in [0.717, 1.165) is 16.4 Å². The molecule has 1 heterocycles. The van der Waals surface area contributed by atoms with Crippen molar-refractivity contribution < 1.29 is 8.81 Å². The molecule has 4 aromatic rings. The molecule has 0 aliphatic rings. The number of fused-ring (bicyclic) bond motifs is 3. The van der Waals surface area contributed by atoms with Crippen LogP contribution in [-0.4, -0.2) is 0 Å². The Hall–Kier alpha value is -3.05. The number of hydrogen-bond donors (Lipinski definition) is 0. The van der Waals surface area contributed by atoms with Gasteiger partial charge in [-0.15, -0.1) is 0 Å². The van der Waals surface area contributed by atoms with Crippen molar-refractivity contribution in [2.24, 2.45) is 0 Å². The lowest BCUT2D eigenvalue weighted by Crippen LogP contribution is -1.97. The number of rotatable bonds is 1. The summed E-state index contributed by atoms with van der Waals surface area (Å²) in [6.45, 7) is 0. The molecular formula is C20H7Cl2FN2O.